The summed E-state index contributed by atoms with van der Waals surface area (Å²) in [6.07, 6.45) is 0.755. The van der Waals surface area contributed by atoms with Crippen LogP contribution in [0, 0.1) is 5.92 Å². The fraction of sp³-hybridized carbons (Fsp3) is 0.462. The zero-order valence-corrected chi connectivity index (χ0v) is 13.0. The van der Waals surface area contributed by atoms with E-state index >= 15 is 0 Å². The highest BCUT2D eigenvalue weighted by Gasteiger charge is 2.14. The van der Waals surface area contributed by atoms with Gasteiger partial charge in [-0.25, -0.2) is 0 Å². The van der Waals surface area contributed by atoms with Gasteiger partial charge in [-0.3, -0.25) is 9.35 Å². The van der Waals surface area contributed by atoms with Crippen LogP contribution in [0.2, 0.25) is 5.02 Å². The Hall–Kier alpha value is -1.11. The summed E-state index contributed by atoms with van der Waals surface area (Å²) in [5.74, 6) is -0.572. The molecule has 1 aromatic carbocycles. The predicted molar refractivity (Wildman–Crippen MR) is 78.7 cm³/mol. The first-order valence-corrected chi connectivity index (χ1v) is 8.20. The zero-order chi connectivity index (χ0) is 15.3. The third kappa shape index (κ3) is 5.48. The molecule has 0 fully saturated rings. The monoisotopic (exact) mass is 319 g/mol. The molecule has 1 amide bonds. The number of rotatable bonds is 6. The molecular formula is C13H18ClNO4S. The number of nitrogens with one attached hydrogen (secondary N) is 1. The molecule has 1 aromatic rings. The van der Waals surface area contributed by atoms with Crippen molar-refractivity contribution in [3.8, 4) is 0 Å². The molecule has 5 nitrogen and oxygen atoms in total. The van der Waals surface area contributed by atoms with Gasteiger partial charge >= 0.3 is 0 Å². The van der Waals surface area contributed by atoms with Gasteiger partial charge in [-0.15, -0.1) is 0 Å². The maximum atomic E-state index is 11.9. The number of halogens is 1. The molecule has 0 aliphatic rings. The number of hydrogen-bond acceptors (Lipinski definition) is 3. The van der Waals surface area contributed by atoms with Crippen molar-refractivity contribution in [2.24, 2.45) is 5.92 Å². The van der Waals surface area contributed by atoms with E-state index in [1.54, 1.807) is 12.1 Å². The summed E-state index contributed by atoms with van der Waals surface area (Å²) in [5.41, 5.74) is 1.18. The Kier molecular flexibility index (Phi) is 5.98. The minimum Gasteiger partial charge on any atom is -0.351 e. The lowest BCUT2D eigenvalue weighted by molar-refractivity contribution is 0.0956. The van der Waals surface area contributed by atoms with E-state index in [-0.39, 0.29) is 6.54 Å². The fourth-order valence-corrected chi connectivity index (χ4v) is 2.39. The molecular weight excluding hydrogens is 302 g/mol. The second-order valence-corrected chi connectivity index (χ2v) is 6.87. The van der Waals surface area contributed by atoms with Crippen LogP contribution < -0.4 is 5.32 Å². The summed E-state index contributed by atoms with van der Waals surface area (Å²) in [6, 6.07) is 5.17. The van der Waals surface area contributed by atoms with Crippen molar-refractivity contribution in [3.63, 3.8) is 0 Å². The molecule has 0 spiro atoms. The topological polar surface area (TPSA) is 83.5 Å². The van der Waals surface area contributed by atoms with Crippen molar-refractivity contribution in [2.45, 2.75) is 20.3 Å². The van der Waals surface area contributed by atoms with Crippen LogP contribution in [0.1, 0.15) is 29.8 Å². The molecule has 0 unspecified atom stereocenters. The lowest BCUT2D eigenvalue weighted by Crippen LogP contribution is -2.29. The average molecular weight is 320 g/mol. The Bertz CT molecular complexity index is 584. The van der Waals surface area contributed by atoms with Crippen molar-refractivity contribution < 1.29 is 17.8 Å². The molecule has 0 aromatic heterocycles. The Labute approximate surface area is 124 Å². The first kappa shape index (κ1) is 16.9. The van der Waals surface area contributed by atoms with E-state index < -0.39 is 21.8 Å². The van der Waals surface area contributed by atoms with Gasteiger partial charge < -0.3 is 5.32 Å². The predicted octanol–water partition coefficient (Wildman–Crippen LogP) is 2.16. The maximum absolute atomic E-state index is 11.9. The molecule has 112 valence electrons. The van der Waals surface area contributed by atoms with Gasteiger partial charge in [0.15, 0.2) is 0 Å². The first-order chi connectivity index (χ1) is 9.20. The quantitative estimate of drug-likeness (QED) is 0.787. The number of hydrogen-bond donors (Lipinski definition) is 2. The molecule has 0 atom stereocenters. The Morgan fingerprint density at radius 1 is 1.40 bits per heavy atom. The standard InChI is InChI=1S/C13H18ClNO4S/c1-9(2)8-10-4-3-5-11(12(10)14)13(16)15-6-7-20(17,18)19/h3-5,9H,6-8H2,1-2H3,(H,15,16)(H,17,18,19). The van der Waals surface area contributed by atoms with E-state index in [1.165, 1.54) is 0 Å². The molecule has 0 radical (unpaired) electrons. The van der Waals surface area contributed by atoms with Crippen molar-refractivity contribution in [3.05, 3.63) is 34.3 Å². The van der Waals surface area contributed by atoms with Gasteiger partial charge in [-0.1, -0.05) is 37.6 Å². The van der Waals surface area contributed by atoms with Gasteiger partial charge in [-0.2, -0.15) is 8.42 Å². The van der Waals surface area contributed by atoms with Crippen LogP contribution in [-0.2, 0) is 16.5 Å². The van der Waals surface area contributed by atoms with Gasteiger partial charge in [0, 0.05) is 6.54 Å². The van der Waals surface area contributed by atoms with Gasteiger partial charge in [-0.05, 0) is 24.0 Å². The van der Waals surface area contributed by atoms with Crippen LogP contribution in [0.4, 0.5) is 0 Å². The molecule has 0 saturated heterocycles. The molecule has 2 N–H and O–H groups in total. The third-order valence-corrected chi connectivity index (χ3v) is 3.76. The molecule has 0 heterocycles. The number of carbonyl (C=O) groups is 1. The second-order valence-electron chi connectivity index (χ2n) is 4.92. The Morgan fingerprint density at radius 2 is 2.05 bits per heavy atom. The highest BCUT2D eigenvalue weighted by atomic mass is 35.5. The minimum absolute atomic E-state index is 0.164. The van der Waals surface area contributed by atoms with Crippen LogP contribution in [0.15, 0.2) is 18.2 Å². The molecule has 0 bridgehead atoms. The van der Waals surface area contributed by atoms with Gasteiger partial charge in [0.25, 0.3) is 16.0 Å². The van der Waals surface area contributed by atoms with Gasteiger partial charge in [0.1, 0.15) is 0 Å². The zero-order valence-electron chi connectivity index (χ0n) is 11.4. The van der Waals surface area contributed by atoms with E-state index in [0.717, 1.165) is 12.0 Å². The van der Waals surface area contributed by atoms with Crippen LogP contribution in [0.5, 0.6) is 0 Å². The van der Waals surface area contributed by atoms with E-state index in [0.29, 0.717) is 16.5 Å². The lowest BCUT2D eigenvalue weighted by atomic mass is 10.0. The first-order valence-electron chi connectivity index (χ1n) is 6.21. The van der Waals surface area contributed by atoms with Gasteiger partial charge in [0.2, 0.25) is 0 Å². The van der Waals surface area contributed by atoms with Crippen LogP contribution in [0.3, 0.4) is 0 Å². The molecule has 1 rings (SSSR count). The van der Waals surface area contributed by atoms with Crippen LogP contribution in [-0.4, -0.2) is 31.2 Å². The van der Waals surface area contributed by atoms with E-state index in [4.69, 9.17) is 16.2 Å². The highest BCUT2D eigenvalue weighted by molar-refractivity contribution is 7.85. The van der Waals surface area contributed by atoms with Crippen LogP contribution in [0.25, 0.3) is 0 Å². The van der Waals surface area contributed by atoms with Crippen molar-refractivity contribution in [1.29, 1.82) is 0 Å². The van der Waals surface area contributed by atoms with E-state index in [1.807, 2.05) is 6.07 Å². The molecule has 0 aliphatic carbocycles. The minimum atomic E-state index is -4.08. The molecule has 0 saturated carbocycles. The Morgan fingerprint density at radius 3 is 2.60 bits per heavy atom. The van der Waals surface area contributed by atoms with Crippen molar-refractivity contribution in [2.75, 3.05) is 12.3 Å². The number of benzene rings is 1. The maximum Gasteiger partial charge on any atom is 0.266 e. The van der Waals surface area contributed by atoms with Gasteiger partial charge in [0.05, 0.1) is 16.3 Å². The average Bonchev–Trinajstić information content (AvgIpc) is 2.29. The number of amides is 1. The SMILES string of the molecule is CC(C)Cc1cccc(C(=O)NCCS(=O)(=O)O)c1Cl. The second kappa shape index (κ2) is 7.06. The van der Waals surface area contributed by atoms with E-state index in [2.05, 4.69) is 19.2 Å². The lowest BCUT2D eigenvalue weighted by Gasteiger charge is -2.11. The highest BCUT2D eigenvalue weighted by Crippen LogP contribution is 2.23. The summed E-state index contributed by atoms with van der Waals surface area (Å²) < 4.78 is 29.7. The van der Waals surface area contributed by atoms with Crippen LogP contribution >= 0.6 is 11.6 Å². The molecule has 20 heavy (non-hydrogen) atoms. The fourth-order valence-electron chi connectivity index (χ4n) is 1.74. The summed E-state index contributed by atoms with van der Waals surface area (Å²) in [4.78, 5) is 11.9. The summed E-state index contributed by atoms with van der Waals surface area (Å²) in [5, 5.41) is 2.79. The normalized spacial score (nSPS) is 11.7. The summed E-state index contributed by atoms with van der Waals surface area (Å²) >= 11 is 6.19. The van der Waals surface area contributed by atoms with Crippen molar-refractivity contribution in [1.82, 2.24) is 5.32 Å². The van der Waals surface area contributed by atoms with E-state index in [9.17, 15) is 13.2 Å². The summed E-state index contributed by atoms with van der Waals surface area (Å²) in [6.45, 7) is 3.94. The largest absolute Gasteiger partial charge is 0.351 e. The summed E-state index contributed by atoms with van der Waals surface area (Å²) in [7, 11) is -4.08. The molecule has 0 aliphatic heterocycles. The van der Waals surface area contributed by atoms with Crippen molar-refractivity contribution >= 4 is 27.6 Å². The third-order valence-electron chi connectivity index (χ3n) is 2.60. The Balaban J connectivity index is 2.78. The smallest absolute Gasteiger partial charge is 0.266 e. The number of carbonyl (C=O) groups excluding carboxylic acids is 1. The molecule has 7 heteroatoms.